The lowest BCUT2D eigenvalue weighted by Crippen LogP contribution is -2.52. The van der Waals surface area contributed by atoms with Crippen LogP contribution < -0.4 is 4.90 Å². The van der Waals surface area contributed by atoms with Gasteiger partial charge in [-0.3, -0.25) is 9.69 Å². The van der Waals surface area contributed by atoms with Crippen LogP contribution in [0, 0.1) is 12.8 Å². The highest BCUT2D eigenvalue weighted by molar-refractivity contribution is 5.73. The molecule has 6 nitrogen and oxygen atoms in total. The number of amides is 1. The van der Waals surface area contributed by atoms with Crippen LogP contribution in [0.2, 0.25) is 0 Å². The Morgan fingerprint density at radius 1 is 1.11 bits per heavy atom. The molecule has 2 aliphatic heterocycles. The predicted octanol–water partition coefficient (Wildman–Crippen LogP) is 1.10. The zero-order valence-corrected chi connectivity index (χ0v) is 16.6. The third-order valence-electron chi connectivity index (χ3n) is 6.00. The molecule has 0 aromatic heterocycles. The van der Waals surface area contributed by atoms with E-state index in [2.05, 4.69) is 41.0 Å². The van der Waals surface area contributed by atoms with Gasteiger partial charge in [0.1, 0.15) is 0 Å². The van der Waals surface area contributed by atoms with Gasteiger partial charge in [-0.05, 0) is 31.9 Å². The molecule has 2 N–H and O–H groups in total. The summed E-state index contributed by atoms with van der Waals surface area (Å²) in [4.78, 5) is 18.1. The summed E-state index contributed by atoms with van der Waals surface area (Å²) in [6, 6.07) is 8.56. The molecule has 2 aliphatic rings. The summed E-state index contributed by atoms with van der Waals surface area (Å²) in [6.45, 7) is 8.78. The van der Waals surface area contributed by atoms with E-state index in [4.69, 9.17) is 0 Å². The Labute approximate surface area is 162 Å². The Balaban J connectivity index is 1.57. The van der Waals surface area contributed by atoms with Gasteiger partial charge in [0.2, 0.25) is 5.91 Å². The second-order valence-corrected chi connectivity index (χ2v) is 8.30. The van der Waals surface area contributed by atoms with E-state index in [0.717, 1.165) is 39.0 Å². The molecule has 6 heteroatoms. The van der Waals surface area contributed by atoms with E-state index >= 15 is 0 Å². The summed E-state index contributed by atoms with van der Waals surface area (Å²) < 4.78 is 0. The number of hydrogen-bond donors (Lipinski definition) is 2. The summed E-state index contributed by atoms with van der Waals surface area (Å²) in [6.07, 6.45) is 1.47. The van der Waals surface area contributed by atoms with Gasteiger partial charge in [0.15, 0.2) is 0 Å². The predicted molar refractivity (Wildman–Crippen MR) is 107 cm³/mol. The number of β-amino-alcohol motifs (C(OH)–C–C–N with tert-alkyl or cyclic N) is 1. The molecule has 0 aliphatic carbocycles. The molecule has 0 bridgehead atoms. The molecule has 3 rings (SSSR count). The molecule has 2 fully saturated rings. The van der Waals surface area contributed by atoms with Crippen molar-refractivity contribution in [3.63, 3.8) is 0 Å². The second kappa shape index (κ2) is 8.59. The third kappa shape index (κ3) is 5.21. The van der Waals surface area contributed by atoms with Crippen molar-refractivity contribution in [1.29, 1.82) is 0 Å². The molecule has 1 aromatic rings. The van der Waals surface area contributed by atoms with Gasteiger partial charge in [-0.15, -0.1) is 0 Å². The average molecular weight is 376 g/mol. The maximum absolute atomic E-state index is 11.7. The summed E-state index contributed by atoms with van der Waals surface area (Å²) in [5, 5.41) is 20.8. The van der Waals surface area contributed by atoms with Crippen molar-refractivity contribution in [3.8, 4) is 0 Å². The molecule has 1 aromatic carbocycles. The van der Waals surface area contributed by atoms with Gasteiger partial charge in [-0.1, -0.05) is 17.7 Å². The number of benzene rings is 1. The van der Waals surface area contributed by atoms with Crippen molar-refractivity contribution >= 4 is 11.6 Å². The van der Waals surface area contributed by atoms with E-state index in [1.807, 2.05) is 4.90 Å². The maximum Gasteiger partial charge on any atom is 0.219 e. The molecular formula is C21H33N3O3. The Hall–Kier alpha value is -1.63. The highest BCUT2D eigenvalue weighted by Crippen LogP contribution is 2.28. The minimum absolute atomic E-state index is 0.0487. The fourth-order valence-electron chi connectivity index (χ4n) is 4.24. The number of hydrogen-bond acceptors (Lipinski definition) is 5. The quantitative estimate of drug-likeness (QED) is 0.825. The Morgan fingerprint density at radius 3 is 2.37 bits per heavy atom. The number of piperidine rings is 1. The second-order valence-electron chi connectivity index (χ2n) is 8.30. The number of rotatable bonds is 4. The van der Waals surface area contributed by atoms with Gasteiger partial charge >= 0.3 is 0 Å². The Bertz CT molecular complexity index is 626. The lowest BCUT2D eigenvalue weighted by atomic mass is 9.90. The van der Waals surface area contributed by atoms with E-state index in [9.17, 15) is 15.0 Å². The molecule has 0 saturated carbocycles. The fraction of sp³-hybridized carbons (Fsp3) is 0.667. The summed E-state index contributed by atoms with van der Waals surface area (Å²) in [5.74, 6) is 0.105. The average Bonchev–Trinajstić information content (AvgIpc) is 2.85. The maximum atomic E-state index is 11.7. The minimum Gasteiger partial charge on any atom is -0.396 e. The minimum atomic E-state index is -0.702. The van der Waals surface area contributed by atoms with Gasteiger partial charge in [0, 0.05) is 70.9 Å². The Morgan fingerprint density at radius 2 is 1.78 bits per heavy atom. The van der Waals surface area contributed by atoms with Crippen LogP contribution in [0.4, 0.5) is 5.69 Å². The summed E-state index contributed by atoms with van der Waals surface area (Å²) in [5.41, 5.74) is 1.77. The molecule has 1 unspecified atom stereocenters. The molecule has 0 spiro atoms. The van der Waals surface area contributed by atoms with Crippen molar-refractivity contribution in [3.05, 3.63) is 29.8 Å². The van der Waals surface area contributed by atoms with Gasteiger partial charge in [0.05, 0.1) is 5.60 Å². The molecule has 1 amide bonds. The van der Waals surface area contributed by atoms with Crippen molar-refractivity contribution in [2.75, 3.05) is 57.3 Å². The van der Waals surface area contributed by atoms with Crippen LogP contribution in [0.1, 0.15) is 25.3 Å². The molecular weight excluding hydrogens is 342 g/mol. The molecule has 2 saturated heterocycles. The van der Waals surface area contributed by atoms with Crippen LogP contribution in [-0.4, -0.2) is 83.9 Å². The number of aryl methyl sites for hydroxylation is 1. The van der Waals surface area contributed by atoms with E-state index < -0.39 is 5.60 Å². The number of carbonyl (C=O) groups excluding carboxylic acids is 1. The first kappa shape index (κ1) is 20.1. The summed E-state index contributed by atoms with van der Waals surface area (Å²) >= 11 is 0. The van der Waals surface area contributed by atoms with Crippen LogP contribution in [0.3, 0.4) is 0 Å². The first-order valence-corrected chi connectivity index (χ1v) is 10.0. The monoisotopic (exact) mass is 375 g/mol. The van der Waals surface area contributed by atoms with Crippen molar-refractivity contribution < 1.29 is 15.0 Å². The zero-order valence-electron chi connectivity index (χ0n) is 16.6. The molecule has 27 heavy (non-hydrogen) atoms. The van der Waals surface area contributed by atoms with Crippen molar-refractivity contribution in [2.24, 2.45) is 5.92 Å². The van der Waals surface area contributed by atoms with Crippen LogP contribution in [0.15, 0.2) is 24.3 Å². The number of aliphatic hydroxyl groups excluding tert-OH is 1. The van der Waals surface area contributed by atoms with Gasteiger partial charge in [-0.2, -0.15) is 0 Å². The number of carbonyl (C=O) groups is 1. The first-order valence-electron chi connectivity index (χ1n) is 10.0. The van der Waals surface area contributed by atoms with Crippen LogP contribution in [-0.2, 0) is 4.79 Å². The van der Waals surface area contributed by atoms with Gasteiger partial charge in [0.25, 0.3) is 0 Å². The molecule has 0 radical (unpaired) electrons. The largest absolute Gasteiger partial charge is 0.396 e. The topological polar surface area (TPSA) is 67.2 Å². The molecule has 1 atom stereocenters. The van der Waals surface area contributed by atoms with Crippen molar-refractivity contribution in [2.45, 2.75) is 32.3 Å². The third-order valence-corrected chi connectivity index (χ3v) is 6.00. The standard InChI is InChI=1S/C21H33N3O3/c1-17-3-5-20(6-4-17)23-9-7-21(27,8-10-23)16-22-11-12-24(18(2)26)14-19(13-22)15-25/h3-6,19,25,27H,7-16H2,1-2H3. The van der Waals surface area contributed by atoms with E-state index in [1.165, 1.54) is 11.3 Å². The fourth-order valence-corrected chi connectivity index (χ4v) is 4.24. The smallest absolute Gasteiger partial charge is 0.219 e. The van der Waals surface area contributed by atoms with Crippen LogP contribution in [0.5, 0.6) is 0 Å². The summed E-state index contributed by atoms with van der Waals surface area (Å²) in [7, 11) is 0. The van der Waals surface area contributed by atoms with Crippen molar-refractivity contribution in [1.82, 2.24) is 9.80 Å². The Kier molecular flexibility index (Phi) is 6.40. The van der Waals surface area contributed by atoms with E-state index in [-0.39, 0.29) is 18.4 Å². The number of nitrogens with zero attached hydrogens (tertiary/aromatic N) is 3. The van der Waals surface area contributed by atoms with Gasteiger partial charge in [-0.25, -0.2) is 0 Å². The molecule has 2 heterocycles. The van der Waals surface area contributed by atoms with Crippen LogP contribution >= 0.6 is 0 Å². The number of anilines is 1. The van der Waals surface area contributed by atoms with E-state index in [0.29, 0.717) is 19.6 Å². The lowest BCUT2D eigenvalue weighted by molar-refractivity contribution is -0.129. The normalized spacial score (nSPS) is 23.9. The first-order chi connectivity index (χ1) is 12.9. The van der Waals surface area contributed by atoms with Crippen LogP contribution in [0.25, 0.3) is 0 Å². The highest BCUT2D eigenvalue weighted by Gasteiger charge is 2.35. The molecule has 150 valence electrons. The van der Waals surface area contributed by atoms with Gasteiger partial charge < -0.3 is 20.0 Å². The zero-order chi connectivity index (χ0) is 19.4. The van der Waals surface area contributed by atoms with E-state index in [1.54, 1.807) is 6.92 Å². The lowest BCUT2D eigenvalue weighted by Gasteiger charge is -2.42. The number of aliphatic hydroxyl groups is 2. The highest BCUT2D eigenvalue weighted by atomic mass is 16.3. The SMILES string of the molecule is CC(=O)N1CCN(CC2(O)CCN(c3ccc(C)cc3)CC2)CC(CO)C1.